The van der Waals surface area contributed by atoms with E-state index in [1.54, 1.807) is 22.8 Å². The second kappa shape index (κ2) is 5.33. The van der Waals surface area contributed by atoms with Gasteiger partial charge >= 0.3 is 0 Å². The Morgan fingerprint density at radius 1 is 1.19 bits per heavy atom. The first kappa shape index (κ1) is 14.4. The van der Waals surface area contributed by atoms with Crippen molar-refractivity contribution >= 4 is 46.5 Å². The number of fused-ring (bicyclic) bond motifs is 1. The second-order valence-corrected chi connectivity index (χ2v) is 5.57. The van der Waals surface area contributed by atoms with Crippen molar-refractivity contribution in [2.45, 2.75) is 0 Å². The standard InChI is InChI=1S/C14H9Cl2FN2OS/c1-20-13-4-7(17)2-3-11(13)19-12-6-9(16)8(15)5-10(12)18-14(19)21/h2-6H,1H3,(H,18,21). The van der Waals surface area contributed by atoms with Gasteiger partial charge in [0, 0.05) is 6.07 Å². The number of imidazole rings is 1. The highest BCUT2D eigenvalue weighted by atomic mass is 35.5. The van der Waals surface area contributed by atoms with Crippen LogP contribution in [0.25, 0.3) is 16.7 Å². The zero-order valence-corrected chi connectivity index (χ0v) is 13.1. The summed E-state index contributed by atoms with van der Waals surface area (Å²) in [6, 6.07) is 7.64. The molecule has 0 aliphatic rings. The Balaban J connectivity index is 2.38. The number of benzene rings is 2. The van der Waals surface area contributed by atoms with E-state index in [2.05, 4.69) is 4.98 Å². The Hall–Kier alpha value is -1.56. The molecule has 7 heteroatoms. The molecule has 21 heavy (non-hydrogen) atoms. The summed E-state index contributed by atoms with van der Waals surface area (Å²) in [5, 5.41) is 0.839. The van der Waals surface area contributed by atoms with Gasteiger partial charge in [0.15, 0.2) is 4.77 Å². The maximum Gasteiger partial charge on any atom is 0.182 e. The topological polar surface area (TPSA) is 29.9 Å². The maximum absolute atomic E-state index is 13.3. The van der Waals surface area contributed by atoms with Crippen LogP contribution in [0, 0.1) is 10.6 Å². The van der Waals surface area contributed by atoms with Crippen molar-refractivity contribution in [3.8, 4) is 11.4 Å². The largest absolute Gasteiger partial charge is 0.494 e. The average molecular weight is 343 g/mol. The molecule has 0 atom stereocenters. The van der Waals surface area contributed by atoms with E-state index in [-0.39, 0.29) is 5.82 Å². The Morgan fingerprint density at radius 3 is 2.62 bits per heavy atom. The summed E-state index contributed by atoms with van der Waals surface area (Å²) in [5.41, 5.74) is 2.09. The lowest BCUT2D eigenvalue weighted by molar-refractivity contribution is 0.409. The molecule has 0 unspecified atom stereocenters. The van der Waals surface area contributed by atoms with Crippen molar-refractivity contribution in [1.29, 1.82) is 0 Å². The van der Waals surface area contributed by atoms with Gasteiger partial charge in [0.1, 0.15) is 11.6 Å². The number of ether oxygens (including phenoxy) is 1. The summed E-state index contributed by atoms with van der Waals surface area (Å²) in [6.07, 6.45) is 0. The third-order valence-corrected chi connectivity index (χ3v) is 4.11. The molecular weight excluding hydrogens is 334 g/mol. The molecular formula is C14H9Cl2FN2OS. The first-order valence-electron chi connectivity index (χ1n) is 5.95. The van der Waals surface area contributed by atoms with Crippen molar-refractivity contribution in [3.05, 3.63) is 51.0 Å². The molecule has 1 heterocycles. The van der Waals surface area contributed by atoms with Gasteiger partial charge in [-0.2, -0.15) is 0 Å². The van der Waals surface area contributed by atoms with Crippen LogP contribution in [0.3, 0.4) is 0 Å². The van der Waals surface area contributed by atoms with Gasteiger partial charge in [-0.3, -0.25) is 4.57 Å². The molecule has 0 fully saturated rings. The van der Waals surface area contributed by atoms with E-state index in [1.165, 1.54) is 19.2 Å². The minimum absolute atomic E-state index is 0.373. The predicted molar refractivity (Wildman–Crippen MR) is 85.0 cm³/mol. The quantitative estimate of drug-likeness (QED) is 0.653. The minimum Gasteiger partial charge on any atom is -0.494 e. The first-order chi connectivity index (χ1) is 10.0. The number of hydrogen-bond donors (Lipinski definition) is 1. The van der Waals surface area contributed by atoms with E-state index in [0.29, 0.717) is 26.3 Å². The van der Waals surface area contributed by atoms with E-state index < -0.39 is 0 Å². The summed E-state index contributed by atoms with van der Waals surface area (Å²) < 4.78 is 20.7. The number of hydrogen-bond acceptors (Lipinski definition) is 2. The van der Waals surface area contributed by atoms with Gasteiger partial charge in [-0.1, -0.05) is 23.2 Å². The Kier molecular flexibility index (Phi) is 3.65. The molecule has 1 aromatic heterocycles. The molecule has 1 N–H and O–H groups in total. The summed E-state index contributed by atoms with van der Waals surface area (Å²) >= 11 is 17.4. The minimum atomic E-state index is -0.386. The van der Waals surface area contributed by atoms with Crippen molar-refractivity contribution in [3.63, 3.8) is 0 Å². The maximum atomic E-state index is 13.3. The molecule has 0 aliphatic heterocycles. The third kappa shape index (κ3) is 2.41. The summed E-state index contributed by atoms with van der Waals surface area (Å²) in [5.74, 6) is -0.0129. The van der Waals surface area contributed by atoms with Crippen LogP contribution in [0.15, 0.2) is 30.3 Å². The normalized spacial score (nSPS) is 11.0. The van der Waals surface area contributed by atoms with Crippen LogP contribution in [-0.4, -0.2) is 16.7 Å². The Morgan fingerprint density at radius 2 is 1.90 bits per heavy atom. The van der Waals surface area contributed by atoms with E-state index in [0.717, 1.165) is 11.0 Å². The average Bonchev–Trinajstić information content (AvgIpc) is 2.75. The van der Waals surface area contributed by atoms with Gasteiger partial charge in [-0.25, -0.2) is 4.39 Å². The first-order valence-corrected chi connectivity index (χ1v) is 7.11. The molecule has 108 valence electrons. The summed E-state index contributed by atoms with van der Waals surface area (Å²) in [6.45, 7) is 0. The lowest BCUT2D eigenvalue weighted by atomic mass is 10.2. The van der Waals surface area contributed by atoms with E-state index in [9.17, 15) is 4.39 Å². The number of rotatable bonds is 2. The lowest BCUT2D eigenvalue weighted by Crippen LogP contribution is -1.98. The van der Waals surface area contributed by atoms with E-state index >= 15 is 0 Å². The van der Waals surface area contributed by atoms with Gasteiger partial charge in [0.2, 0.25) is 0 Å². The smallest absolute Gasteiger partial charge is 0.182 e. The Bertz CT molecular complexity index is 904. The SMILES string of the molecule is COc1cc(F)ccc1-n1c(=S)[nH]c2cc(Cl)c(Cl)cc21. The Labute approximate surface area is 134 Å². The highest BCUT2D eigenvalue weighted by Crippen LogP contribution is 2.32. The van der Waals surface area contributed by atoms with Crippen LogP contribution in [0.2, 0.25) is 10.0 Å². The number of methoxy groups -OCH3 is 1. The zero-order valence-electron chi connectivity index (χ0n) is 10.8. The molecule has 3 nitrogen and oxygen atoms in total. The zero-order chi connectivity index (χ0) is 15.1. The van der Waals surface area contributed by atoms with Gasteiger partial charge < -0.3 is 9.72 Å². The second-order valence-electron chi connectivity index (χ2n) is 4.37. The van der Waals surface area contributed by atoms with Crippen molar-refractivity contribution in [2.75, 3.05) is 7.11 Å². The molecule has 0 bridgehead atoms. The molecule has 2 aromatic carbocycles. The lowest BCUT2D eigenvalue weighted by Gasteiger charge is -2.10. The summed E-state index contributed by atoms with van der Waals surface area (Å²) in [4.78, 5) is 3.04. The van der Waals surface area contributed by atoms with Crippen LogP contribution in [0.4, 0.5) is 4.39 Å². The number of aromatic amines is 1. The number of aromatic nitrogens is 2. The van der Waals surface area contributed by atoms with Gasteiger partial charge in [-0.05, 0) is 36.5 Å². The molecule has 3 aromatic rings. The predicted octanol–water partition coefficient (Wildman–Crippen LogP) is 5.14. The molecule has 0 aliphatic carbocycles. The number of halogens is 3. The van der Waals surface area contributed by atoms with Crippen molar-refractivity contribution < 1.29 is 9.13 Å². The number of nitrogens with one attached hydrogen (secondary N) is 1. The fourth-order valence-electron chi connectivity index (χ4n) is 2.18. The third-order valence-electron chi connectivity index (χ3n) is 3.11. The number of nitrogens with zero attached hydrogens (tertiary/aromatic N) is 1. The van der Waals surface area contributed by atoms with E-state index in [4.69, 9.17) is 40.2 Å². The monoisotopic (exact) mass is 342 g/mol. The highest BCUT2D eigenvalue weighted by molar-refractivity contribution is 7.71. The van der Waals surface area contributed by atoms with Crippen LogP contribution < -0.4 is 4.74 Å². The number of H-pyrrole nitrogens is 1. The highest BCUT2D eigenvalue weighted by Gasteiger charge is 2.13. The molecule has 0 spiro atoms. The fraction of sp³-hybridized carbons (Fsp3) is 0.0714. The van der Waals surface area contributed by atoms with Crippen molar-refractivity contribution in [2.24, 2.45) is 0 Å². The van der Waals surface area contributed by atoms with Gasteiger partial charge in [0.05, 0.1) is 33.9 Å². The van der Waals surface area contributed by atoms with Gasteiger partial charge in [-0.15, -0.1) is 0 Å². The molecule has 0 radical (unpaired) electrons. The molecule has 0 amide bonds. The van der Waals surface area contributed by atoms with Crippen LogP contribution in [0.5, 0.6) is 5.75 Å². The molecule has 3 rings (SSSR count). The van der Waals surface area contributed by atoms with Crippen LogP contribution in [-0.2, 0) is 0 Å². The van der Waals surface area contributed by atoms with Crippen molar-refractivity contribution in [1.82, 2.24) is 9.55 Å². The van der Waals surface area contributed by atoms with Gasteiger partial charge in [0.25, 0.3) is 0 Å². The van der Waals surface area contributed by atoms with Crippen LogP contribution >= 0.6 is 35.4 Å². The molecule has 0 saturated carbocycles. The van der Waals surface area contributed by atoms with E-state index in [1.807, 2.05) is 0 Å². The molecule has 0 saturated heterocycles. The fourth-order valence-corrected chi connectivity index (χ4v) is 2.81. The van der Waals surface area contributed by atoms with Crippen LogP contribution in [0.1, 0.15) is 0 Å². The summed E-state index contributed by atoms with van der Waals surface area (Å²) in [7, 11) is 1.47.